The van der Waals surface area contributed by atoms with Crippen LogP contribution in [-0.4, -0.2) is 27.6 Å². The highest BCUT2D eigenvalue weighted by Crippen LogP contribution is 2.15. The molecule has 1 rings (SSSR count). The summed E-state index contributed by atoms with van der Waals surface area (Å²) in [5.74, 6) is -0.126. The molecule has 0 saturated heterocycles. The van der Waals surface area contributed by atoms with Crippen molar-refractivity contribution in [1.82, 2.24) is 15.5 Å². The number of nitrogens with zero attached hydrogens (tertiary/aromatic N) is 1. The summed E-state index contributed by atoms with van der Waals surface area (Å²) in [5, 5.41) is 9.69. The Morgan fingerprint density at radius 3 is 2.78 bits per heavy atom. The minimum absolute atomic E-state index is 0.126. The number of carbonyl (C=O) groups is 1. The van der Waals surface area contributed by atoms with Gasteiger partial charge >= 0.3 is 0 Å². The lowest BCUT2D eigenvalue weighted by molar-refractivity contribution is -0.126. The molecule has 1 aromatic heterocycles. The zero-order chi connectivity index (χ0) is 13.8. The fraction of sp³-hybridized carbons (Fsp3) is 0.583. The first kappa shape index (κ1) is 14.6. The Bertz CT molecular complexity index is 439. The van der Waals surface area contributed by atoms with Crippen LogP contribution in [0.1, 0.15) is 31.5 Å². The van der Waals surface area contributed by atoms with E-state index < -0.39 is 5.41 Å². The molecule has 0 saturated carbocycles. The van der Waals surface area contributed by atoms with E-state index in [1.807, 2.05) is 13.1 Å². The second kappa shape index (κ2) is 5.95. The van der Waals surface area contributed by atoms with E-state index in [9.17, 15) is 4.79 Å². The zero-order valence-corrected chi connectivity index (χ0v) is 11.9. The Morgan fingerprint density at radius 2 is 2.28 bits per heavy atom. The summed E-state index contributed by atoms with van der Waals surface area (Å²) in [5.41, 5.74) is 6.99. The van der Waals surface area contributed by atoms with E-state index in [2.05, 4.69) is 15.5 Å². The first-order valence-electron chi connectivity index (χ1n) is 5.92. The summed E-state index contributed by atoms with van der Waals surface area (Å²) >= 11 is 4.87. The van der Waals surface area contributed by atoms with Crippen molar-refractivity contribution in [2.45, 2.75) is 33.6 Å². The molecule has 5 nitrogen and oxygen atoms in total. The summed E-state index contributed by atoms with van der Waals surface area (Å²) in [7, 11) is 0. The van der Waals surface area contributed by atoms with Crippen LogP contribution in [0.4, 0.5) is 0 Å². The van der Waals surface area contributed by atoms with Crippen molar-refractivity contribution in [2.24, 2.45) is 11.1 Å². The monoisotopic (exact) mass is 268 g/mol. The van der Waals surface area contributed by atoms with Gasteiger partial charge in [-0.25, -0.2) is 0 Å². The van der Waals surface area contributed by atoms with Crippen molar-refractivity contribution >= 4 is 23.1 Å². The SMILES string of the molecule is Cc1[nH]ncc1CCCNC(=O)C(C)(C)C(N)=S. The van der Waals surface area contributed by atoms with Gasteiger partial charge in [-0.2, -0.15) is 5.10 Å². The van der Waals surface area contributed by atoms with Crippen LogP contribution < -0.4 is 11.1 Å². The molecule has 0 bridgehead atoms. The number of carbonyl (C=O) groups excluding carboxylic acids is 1. The van der Waals surface area contributed by atoms with Gasteiger partial charge in [-0.3, -0.25) is 9.89 Å². The van der Waals surface area contributed by atoms with Gasteiger partial charge in [0.15, 0.2) is 0 Å². The third kappa shape index (κ3) is 3.53. The summed E-state index contributed by atoms with van der Waals surface area (Å²) in [6, 6.07) is 0. The van der Waals surface area contributed by atoms with Gasteiger partial charge in [0.05, 0.1) is 16.6 Å². The quantitative estimate of drug-likeness (QED) is 0.532. The van der Waals surface area contributed by atoms with Crippen LogP contribution in [0.3, 0.4) is 0 Å². The molecule has 0 spiro atoms. The maximum atomic E-state index is 11.8. The predicted octanol–water partition coefficient (Wildman–Crippen LogP) is 1.08. The largest absolute Gasteiger partial charge is 0.392 e. The maximum absolute atomic E-state index is 11.8. The lowest BCUT2D eigenvalue weighted by Crippen LogP contribution is -2.45. The number of aryl methyl sites for hydroxylation is 2. The van der Waals surface area contributed by atoms with Crippen LogP contribution in [0.2, 0.25) is 0 Å². The van der Waals surface area contributed by atoms with Crippen LogP contribution >= 0.6 is 12.2 Å². The van der Waals surface area contributed by atoms with Gasteiger partial charge in [0, 0.05) is 12.2 Å². The molecular formula is C12H20N4OS. The molecule has 4 N–H and O–H groups in total. The third-order valence-electron chi connectivity index (χ3n) is 3.03. The third-order valence-corrected chi connectivity index (χ3v) is 3.54. The molecule has 100 valence electrons. The smallest absolute Gasteiger partial charge is 0.232 e. The van der Waals surface area contributed by atoms with Crippen LogP contribution in [0.5, 0.6) is 0 Å². The van der Waals surface area contributed by atoms with Gasteiger partial charge in [0.2, 0.25) is 5.91 Å². The lowest BCUT2D eigenvalue weighted by Gasteiger charge is -2.21. The Balaban J connectivity index is 2.33. The first-order valence-corrected chi connectivity index (χ1v) is 6.33. The predicted molar refractivity (Wildman–Crippen MR) is 75.2 cm³/mol. The molecule has 0 radical (unpaired) electrons. The van der Waals surface area contributed by atoms with E-state index in [0.29, 0.717) is 6.54 Å². The Labute approximate surface area is 113 Å². The average molecular weight is 268 g/mol. The van der Waals surface area contributed by atoms with Crippen LogP contribution in [-0.2, 0) is 11.2 Å². The highest BCUT2D eigenvalue weighted by molar-refractivity contribution is 7.80. The van der Waals surface area contributed by atoms with Crippen molar-refractivity contribution in [2.75, 3.05) is 6.54 Å². The number of hydrogen-bond donors (Lipinski definition) is 3. The number of aromatic amines is 1. The normalized spacial score (nSPS) is 11.3. The number of H-pyrrole nitrogens is 1. The lowest BCUT2D eigenvalue weighted by atomic mass is 9.92. The highest BCUT2D eigenvalue weighted by Gasteiger charge is 2.30. The second-order valence-electron chi connectivity index (χ2n) is 4.87. The summed E-state index contributed by atoms with van der Waals surface area (Å²) in [4.78, 5) is 12.1. The fourth-order valence-electron chi connectivity index (χ4n) is 1.44. The Kier molecular flexibility index (Phi) is 4.84. The second-order valence-corrected chi connectivity index (χ2v) is 5.31. The van der Waals surface area contributed by atoms with E-state index >= 15 is 0 Å². The number of amides is 1. The molecule has 1 aromatic rings. The van der Waals surface area contributed by atoms with Crippen molar-refractivity contribution in [3.05, 3.63) is 17.5 Å². The van der Waals surface area contributed by atoms with Gasteiger partial charge in [-0.15, -0.1) is 0 Å². The Morgan fingerprint density at radius 1 is 1.61 bits per heavy atom. The average Bonchev–Trinajstić information content (AvgIpc) is 2.69. The molecule has 0 aromatic carbocycles. The van der Waals surface area contributed by atoms with Gasteiger partial charge in [-0.1, -0.05) is 12.2 Å². The van der Waals surface area contributed by atoms with Crippen LogP contribution in [0, 0.1) is 12.3 Å². The molecule has 0 aliphatic carbocycles. The number of hydrogen-bond acceptors (Lipinski definition) is 3. The fourth-order valence-corrected chi connectivity index (χ4v) is 1.53. The number of thiocarbonyl (C=S) groups is 1. The van der Waals surface area contributed by atoms with Crippen molar-refractivity contribution in [1.29, 1.82) is 0 Å². The molecule has 0 aliphatic rings. The van der Waals surface area contributed by atoms with E-state index in [-0.39, 0.29) is 10.9 Å². The number of rotatable bonds is 6. The van der Waals surface area contributed by atoms with Crippen LogP contribution in [0.15, 0.2) is 6.20 Å². The van der Waals surface area contributed by atoms with E-state index in [1.165, 1.54) is 5.56 Å². The standard InChI is InChI=1S/C12H20N4OS/c1-8-9(7-15-16-8)5-4-6-14-11(17)12(2,3)10(13)18/h7H,4-6H2,1-3H3,(H2,13,18)(H,14,17)(H,15,16). The molecule has 0 fully saturated rings. The minimum atomic E-state index is -0.791. The number of aromatic nitrogens is 2. The molecular weight excluding hydrogens is 248 g/mol. The summed E-state index contributed by atoms with van der Waals surface area (Å²) < 4.78 is 0. The van der Waals surface area contributed by atoms with Crippen molar-refractivity contribution < 1.29 is 4.79 Å². The molecule has 6 heteroatoms. The number of nitrogens with one attached hydrogen (secondary N) is 2. The topological polar surface area (TPSA) is 83.8 Å². The molecule has 0 unspecified atom stereocenters. The van der Waals surface area contributed by atoms with Crippen LogP contribution in [0.25, 0.3) is 0 Å². The van der Waals surface area contributed by atoms with Crippen molar-refractivity contribution in [3.63, 3.8) is 0 Å². The van der Waals surface area contributed by atoms with E-state index in [1.54, 1.807) is 13.8 Å². The molecule has 18 heavy (non-hydrogen) atoms. The first-order chi connectivity index (χ1) is 8.35. The van der Waals surface area contributed by atoms with Gasteiger partial charge in [-0.05, 0) is 39.2 Å². The highest BCUT2D eigenvalue weighted by atomic mass is 32.1. The maximum Gasteiger partial charge on any atom is 0.232 e. The molecule has 0 aliphatic heterocycles. The van der Waals surface area contributed by atoms with Gasteiger partial charge in [0.1, 0.15) is 0 Å². The molecule has 1 amide bonds. The number of nitrogens with two attached hydrogens (primary N) is 1. The van der Waals surface area contributed by atoms with E-state index in [4.69, 9.17) is 18.0 Å². The van der Waals surface area contributed by atoms with E-state index in [0.717, 1.165) is 18.5 Å². The van der Waals surface area contributed by atoms with Gasteiger partial charge < -0.3 is 11.1 Å². The van der Waals surface area contributed by atoms with Gasteiger partial charge in [0.25, 0.3) is 0 Å². The van der Waals surface area contributed by atoms with Crippen molar-refractivity contribution in [3.8, 4) is 0 Å². The summed E-state index contributed by atoms with van der Waals surface area (Å²) in [6.45, 7) is 6.04. The Hall–Kier alpha value is -1.43. The zero-order valence-electron chi connectivity index (χ0n) is 11.0. The summed E-state index contributed by atoms with van der Waals surface area (Å²) in [6.07, 6.45) is 3.56. The molecule has 1 heterocycles. The minimum Gasteiger partial charge on any atom is -0.392 e. The molecule has 0 atom stereocenters.